The number of piperidine rings is 1. The van der Waals surface area contributed by atoms with Crippen LogP contribution < -0.4 is 10.2 Å². The second kappa shape index (κ2) is 8.44. The Labute approximate surface area is 190 Å². The molecule has 4 heterocycles. The molecule has 0 unspecified atom stereocenters. The number of nitrogens with one attached hydrogen (secondary N) is 1. The van der Waals surface area contributed by atoms with E-state index in [1.807, 2.05) is 6.07 Å². The Morgan fingerprint density at radius 1 is 1.12 bits per heavy atom. The van der Waals surface area contributed by atoms with Gasteiger partial charge in [-0.25, -0.2) is 28.1 Å². The first-order chi connectivity index (χ1) is 15.8. The summed E-state index contributed by atoms with van der Waals surface area (Å²) in [4.78, 5) is 15.9. The number of alkyl halides is 2. The maximum Gasteiger partial charge on any atom is 0.266 e. The number of anilines is 2. The third kappa shape index (κ3) is 4.10. The van der Waals surface area contributed by atoms with E-state index in [0.29, 0.717) is 22.6 Å². The van der Waals surface area contributed by atoms with Gasteiger partial charge in [0.05, 0.1) is 36.5 Å². The number of benzene rings is 1. The van der Waals surface area contributed by atoms with Crippen molar-refractivity contribution in [3.8, 4) is 0 Å². The summed E-state index contributed by atoms with van der Waals surface area (Å²) in [5, 5.41) is 3.97. The molecule has 1 aromatic carbocycles. The van der Waals surface area contributed by atoms with Crippen molar-refractivity contribution in [3.05, 3.63) is 53.2 Å². The van der Waals surface area contributed by atoms with Crippen LogP contribution >= 0.6 is 0 Å². The van der Waals surface area contributed by atoms with Gasteiger partial charge in [0.15, 0.2) is 0 Å². The van der Waals surface area contributed by atoms with E-state index in [0.717, 1.165) is 56.4 Å². The third-order valence-electron chi connectivity index (χ3n) is 6.76. The highest BCUT2D eigenvalue weighted by molar-refractivity contribution is 5.90. The molecule has 2 aliphatic heterocycles. The molecule has 2 saturated heterocycles. The Morgan fingerprint density at radius 2 is 1.85 bits per heavy atom. The van der Waals surface area contributed by atoms with Crippen LogP contribution in [-0.4, -0.2) is 41.3 Å². The average molecular weight is 458 g/mol. The predicted molar refractivity (Wildman–Crippen MR) is 120 cm³/mol. The first kappa shape index (κ1) is 21.9. The molecule has 0 saturated carbocycles. The highest BCUT2D eigenvalue weighted by Crippen LogP contribution is 2.39. The summed E-state index contributed by atoms with van der Waals surface area (Å²) in [7, 11) is 0. The number of pyridine rings is 1. The van der Waals surface area contributed by atoms with Crippen LogP contribution in [0.3, 0.4) is 0 Å². The fourth-order valence-electron chi connectivity index (χ4n) is 4.66. The Morgan fingerprint density at radius 3 is 2.52 bits per heavy atom. The van der Waals surface area contributed by atoms with Crippen molar-refractivity contribution in [1.82, 2.24) is 15.0 Å². The normalized spacial score (nSPS) is 18.5. The van der Waals surface area contributed by atoms with E-state index >= 15 is 0 Å². The van der Waals surface area contributed by atoms with Crippen LogP contribution in [0.15, 0.2) is 30.5 Å². The molecule has 9 heteroatoms. The van der Waals surface area contributed by atoms with E-state index in [2.05, 4.69) is 25.2 Å². The summed E-state index contributed by atoms with van der Waals surface area (Å²) in [6, 6.07) is 5.43. The molecule has 33 heavy (non-hydrogen) atoms. The lowest BCUT2D eigenvalue weighted by atomic mass is 9.77. The fraction of sp³-hybridized carbons (Fsp3) is 0.458. The van der Waals surface area contributed by atoms with Crippen LogP contribution in [0.5, 0.6) is 0 Å². The molecule has 1 atom stereocenters. The van der Waals surface area contributed by atoms with Crippen molar-refractivity contribution in [2.45, 2.75) is 39.2 Å². The van der Waals surface area contributed by atoms with Crippen molar-refractivity contribution < 1.29 is 17.9 Å². The highest BCUT2D eigenvalue weighted by atomic mass is 19.3. The molecular weight excluding hydrogens is 431 g/mol. The SMILES string of the molecule is Cc1nc(N[C@H](C)c2cccc(C(F)F)c2F)c2cc(N3CCC4(CC3)COC4)ncc2n1. The first-order valence-electron chi connectivity index (χ1n) is 11.2. The number of aryl methyl sites for hydroxylation is 1. The molecular formula is C24H26F3N5O. The molecule has 2 fully saturated rings. The Balaban J connectivity index is 1.44. The zero-order valence-electron chi connectivity index (χ0n) is 18.6. The highest BCUT2D eigenvalue weighted by Gasteiger charge is 2.41. The number of hydrogen-bond acceptors (Lipinski definition) is 6. The Bertz CT molecular complexity index is 1170. The standard InChI is InChI=1S/C24H26F3N5O/c1-14(16-4-3-5-17(21(16)25)22(26)27)29-23-18-10-20(28-11-19(18)30-15(2)31-23)32-8-6-24(7-9-32)12-33-13-24/h3-5,10-11,14,22H,6-9,12-13H2,1-2H3,(H,29,30,31)/t14-/m1/s1. The molecule has 1 N–H and O–H groups in total. The number of rotatable bonds is 5. The van der Waals surface area contributed by atoms with Crippen LogP contribution in [-0.2, 0) is 4.74 Å². The van der Waals surface area contributed by atoms with Crippen LogP contribution in [0.1, 0.15) is 49.2 Å². The zero-order valence-corrected chi connectivity index (χ0v) is 18.6. The number of fused-ring (bicyclic) bond motifs is 1. The van der Waals surface area contributed by atoms with Gasteiger partial charge < -0.3 is 15.0 Å². The van der Waals surface area contributed by atoms with E-state index in [-0.39, 0.29) is 5.56 Å². The van der Waals surface area contributed by atoms with Gasteiger partial charge in [0.25, 0.3) is 6.43 Å². The molecule has 0 amide bonds. The topological polar surface area (TPSA) is 63.2 Å². The second-order valence-electron chi connectivity index (χ2n) is 9.08. The lowest BCUT2D eigenvalue weighted by Gasteiger charge is -2.47. The average Bonchev–Trinajstić information content (AvgIpc) is 2.77. The van der Waals surface area contributed by atoms with E-state index in [4.69, 9.17) is 4.74 Å². The third-order valence-corrected chi connectivity index (χ3v) is 6.76. The van der Waals surface area contributed by atoms with Gasteiger partial charge in [-0.3, -0.25) is 0 Å². The molecule has 0 aliphatic carbocycles. The van der Waals surface area contributed by atoms with Gasteiger partial charge in [0.2, 0.25) is 0 Å². The number of aromatic nitrogens is 3. The summed E-state index contributed by atoms with van der Waals surface area (Å²) in [6.45, 7) is 6.98. The lowest BCUT2D eigenvalue weighted by Crippen LogP contribution is -2.51. The molecule has 2 aromatic heterocycles. The molecule has 0 radical (unpaired) electrons. The summed E-state index contributed by atoms with van der Waals surface area (Å²) in [6.07, 6.45) is 0.991. The maximum atomic E-state index is 14.7. The smallest absolute Gasteiger partial charge is 0.266 e. The predicted octanol–water partition coefficient (Wildman–Crippen LogP) is 5.20. The Hall–Kier alpha value is -2.94. The van der Waals surface area contributed by atoms with Crippen molar-refractivity contribution in [1.29, 1.82) is 0 Å². The number of halogens is 3. The maximum absolute atomic E-state index is 14.7. The van der Waals surface area contributed by atoms with Crippen molar-refractivity contribution >= 4 is 22.5 Å². The summed E-state index contributed by atoms with van der Waals surface area (Å²) < 4.78 is 46.4. The van der Waals surface area contributed by atoms with Crippen molar-refractivity contribution in [2.24, 2.45) is 5.41 Å². The molecule has 174 valence electrons. The number of nitrogens with zero attached hydrogens (tertiary/aromatic N) is 4. The molecule has 6 nitrogen and oxygen atoms in total. The van der Waals surface area contributed by atoms with Crippen LogP contribution in [0, 0.1) is 18.2 Å². The molecule has 3 aromatic rings. The largest absolute Gasteiger partial charge is 0.380 e. The minimum Gasteiger partial charge on any atom is -0.380 e. The Kier molecular flexibility index (Phi) is 5.60. The fourth-order valence-corrected chi connectivity index (χ4v) is 4.66. The molecule has 2 aliphatic rings. The van der Waals surface area contributed by atoms with Gasteiger partial charge in [-0.05, 0) is 32.8 Å². The van der Waals surface area contributed by atoms with Crippen LogP contribution in [0.4, 0.5) is 24.8 Å². The second-order valence-corrected chi connectivity index (χ2v) is 9.08. The number of hydrogen-bond donors (Lipinski definition) is 1. The van der Waals surface area contributed by atoms with Gasteiger partial charge in [-0.15, -0.1) is 0 Å². The molecule has 0 bridgehead atoms. The van der Waals surface area contributed by atoms with Crippen LogP contribution in [0.2, 0.25) is 0 Å². The summed E-state index contributed by atoms with van der Waals surface area (Å²) in [5.74, 6) is 1.01. The quantitative estimate of drug-likeness (QED) is 0.568. The lowest BCUT2D eigenvalue weighted by molar-refractivity contribution is -0.124. The molecule has 1 spiro atoms. The van der Waals surface area contributed by atoms with Gasteiger partial charge in [-0.2, -0.15) is 0 Å². The van der Waals surface area contributed by atoms with Crippen molar-refractivity contribution in [2.75, 3.05) is 36.5 Å². The van der Waals surface area contributed by atoms with Crippen molar-refractivity contribution in [3.63, 3.8) is 0 Å². The van der Waals surface area contributed by atoms with E-state index in [9.17, 15) is 13.2 Å². The van der Waals surface area contributed by atoms with E-state index in [1.54, 1.807) is 20.0 Å². The first-order valence-corrected chi connectivity index (χ1v) is 11.2. The minimum absolute atomic E-state index is 0.163. The minimum atomic E-state index is -2.87. The zero-order chi connectivity index (χ0) is 23.2. The van der Waals surface area contributed by atoms with Crippen LogP contribution in [0.25, 0.3) is 10.9 Å². The van der Waals surface area contributed by atoms with Gasteiger partial charge >= 0.3 is 0 Å². The van der Waals surface area contributed by atoms with E-state index < -0.39 is 23.8 Å². The van der Waals surface area contributed by atoms with E-state index in [1.165, 1.54) is 12.1 Å². The molecule has 5 rings (SSSR count). The monoisotopic (exact) mass is 457 g/mol. The number of ether oxygens (including phenoxy) is 1. The summed E-state index contributed by atoms with van der Waals surface area (Å²) in [5.41, 5.74) is 0.558. The van der Waals surface area contributed by atoms with Gasteiger partial charge in [0, 0.05) is 29.5 Å². The van der Waals surface area contributed by atoms with Gasteiger partial charge in [0.1, 0.15) is 23.3 Å². The van der Waals surface area contributed by atoms with Gasteiger partial charge in [-0.1, -0.05) is 18.2 Å². The summed E-state index contributed by atoms with van der Waals surface area (Å²) >= 11 is 0.